The van der Waals surface area contributed by atoms with Crippen LogP contribution in [0.1, 0.15) is 5.69 Å². The van der Waals surface area contributed by atoms with Gasteiger partial charge in [0.2, 0.25) is 0 Å². The molecule has 0 aliphatic rings. The first kappa shape index (κ1) is 10.8. The van der Waals surface area contributed by atoms with Crippen LogP contribution >= 0.6 is 12.2 Å². The lowest BCUT2D eigenvalue weighted by Gasteiger charge is -2.07. The van der Waals surface area contributed by atoms with Gasteiger partial charge in [-0.15, -0.1) is 0 Å². The Morgan fingerprint density at radius 2 is 2.31 bits per heavy atom. The molecule has 2 aromatic rings. The van der Waals surface area contributed by atoms with Crippen molar-refractivity contribution in [1.82, 2.24) is 19.9 Å². The third-order valence-corrected chi connectivity index (χ3v) is 2.48. The summed E-state index contributed by atoms with van der Waals surface area (Å²) in [5.74, 6) is 0. The molecular weight excluding hydrogens is 220 g/mol. The van der Waals surface area contributed by atoms with E-state index in [1.807, 2.05) is 24.4 Å². The number of nitrogens with one attached hydrogen (secondary N) is 1. The highest BCUT2D eigenvalue weighted by atomic mass is 32.1. The van der Waals surface area contributed by atoms with Crippen LogP contribution in [0.3, 0.4) is 0 Å². The lowest BCUT2D eigenvalue weighted by molar-refractivity contribution is 0.828. The van der Waals surface area contributed by atoms with Crippen LogP contribution in [0.4, 0.5) is 0 Å². The Balaban J connectivity index is 1.79. The van der Waals surface area contributed by atoms with Crippen molar-refractivity contribution in [3.63, 3.8) is 0 Å². The minimum atomic E-state index is 0.661. The first-order valence-corrected chi connectivity index (χ1v) is 5.43. The quantitative estimate of drug-likeness (QED) is 0.809. The molecule has 82 valence electrons. The molecule has 0 spiro atoms. The van der Waals surface area contributed by atoms with Crippen LogP contribution in [-0.2, 0) is 6.42 Å². The standard InChI is InChI=1S/C11H12N4S/c16-11(15-8-7-12-9-15)14-6-4-10-3-1-2-5-13-10/h1-3,5,7-9H,4,6H2,(H,14,16). The molecule has 4 nitrogen and oxygen atoms in total. The van der Waals surface area contributed by atoms with E-state index in [2.05, 4.69) is 15.3 Å². The maximum absolute atomic E-state index is 5.18. The molecule has 2 rings (SSSR count). The molecule has 0 aliphatic heterocycles. The predicted molar refractivity (Wildman–Crippen MR) is 66.2 cm³/mol. The van der Waals surface area contributed by atoms with Crippen molar-refractivity contribution in [2.75, 3.05) is 6.54 Å². The van der Waals surface area contributed by atoms with Crippen LogP contribution in [0, 0.1) is 0 Å². The SMILES string of the molecule is S=C(NCCc1ccccn1)n1ccnc1. The molecule has 16 heavy (non-hydrogen) atoms. The molecule has 0 saturated heterocycles. The summed E-state index contributed by atoms with van der Waals surface area (Å²) in [5, 5.41) is 3.81. The minimum Gasteiger partial charge on any atom is -0.362 e. The summed E-state index contributed by atoms with van der Waals surface area (Å²) < 4.78 is 1.77. The van der Waals surface area contributed by atoms with Crippen LogP contribution in [-0.4, -0.2) is 26.2 Å². The Kier molecular flexibility index (Phi) is 3.61. The van der Waals surface area contributed by atoms with Gasteiger partial charge in [0.05, 0.1) is 0 Å². The monoisotopic (exact) mass is 232 g/mol. The van der Waals surface area contributed by atoms with Crippen molar-refractivity contribution in [2.24, 2.45) is 0 Å². The van der Waals surface area contributed by atoms with Crippen LogP contribution in [0.25, 0.3) is 0 Å². The summed E-state index contributed by atoms with van der Waals surface area (Å²) >= 11 is 5.18. The van der Waals surface area contributed by atoms with Gasteiger partial charge >= 0.3 is 0 Å². The van der Waals surface area contributed by atoms with Crippen LogP contribution in [0.5, 0.6) is 0 Å². The Hall–Kier alpha value is -1.75. The van der Waals surface area contributed by atoms with Gasteiger partial charge in [-0.1, -0.05) is 6.07 Å². The van der Waals surface area contributed by atoms with E-state index < -0.39 is 0 Å². The molecule has 0 amide bonds. The topological polar surface area (TPSA) is 42.7 Å². The second-order valence-corrected chi connectivity index (χ2v) is 3.66. The van der Waals surface area contributed by atoms with Crippen molar-refractivity contribution in [1.29, 1.82) is 0 Å². The maximum Gasteiger partial charge on any atom is 0.178 e. The van der Waals surface area contributed by atoms with Gasteiger partial charge in [0, 0.05) is 37.3 Å². The molecule has 0 fully saturated rings. The average molecular weight is 232 g/mol. The second-order valence-electron chi connectivity index (χ2n) is 3.27. The van der Waals surface area contributed by atoms with Gasteiger partial charge in [0.1, 0.15) is 6.33 Å². The van der Waals surface area contributed by atoms with Crippen molar-refractivity contribution in [2.45, 2.75) is 6.42 Å². The fourth-order valence-electron chi connectivity index (χ4n) is 1.31. The molecule has 5 heteroatoms. The summed E-state index contributed by atoms with van der Waals surface area (Å²) in [6, 6.07) is 5.89. The zero-order chi connectivity index (χ0) is 11.2. The van der Waals surface area contributed by atoms with Crippen LogP contribution in [0.15, 0.2) is 43.1 Å². The molecule has 2 heterocycles. The third-order valence-electron chi connectivity index (χ3n) is 2.12. The Morgan fingerprint density at radius 1 is 1.38 bits per heavy atom. The molecule has 0 aliphatic carbocycles. The van der Waals surface area contributed by atoms with E-state index in [1.165, 1.54) is 0 Å². The normalized spacial score (nSPS) is 10.0. The van der Waals surface area contributed by atoms with Crippen molar-refractivity contribution in [3.05, 3.63) is 48.8 Å². The molecule has 0 radical (unpaired) electrons. The first-order chi connectivity index (χ1) is 7.86. The largest absolute Gasteiger partial charge is 0.362 e. The maximum atomic E-state index is 5.18. The van der Waals surface area contributed by atoms with Gasteiger partial charge in [-0.05, 0) is 24.4 Å². The van der Waals surface area contributed by atoms with E-state index in [4.69, 9.17) is 12.2 Å². The number of nitrogens with zero attached hydrogens (tertiary/aromatic N) is 3. The number of aromatic nitrogens is 3. The van der Waals surface area contributed by atoms with Crippen molar-refractivity contribution < 1.29 is 0 Å². The van der Waals surface area contributed by atoms with Gasteiger partial charge in [-0.3, -0.25) is 9.55 Å². The molecule has 0 saturated carbocycles. The van der Waals surface area contributed by atoms with E-state index in [1.54, 1.807) is 23.3 Å². The zero-order valence-electron chi connectivity index (χ0n) is 8.71. The number of hydrogen-bond donors (Lipinski definition) is 1. The molecule has 0 unspecified atom stereocenters. The van der Waals surface area contributed by atoms with E-state index in [9.17, 15) is 0 Å². The second kappa shape index (κ2) is 5.37. The van der Waals surface area contributed by atoms with Gasteiger partial charge in [-0.25, -0.2) is 4.98 Å². The number of thiocarbonyl (C=S) groups is 1. The van der Waals surface area contributed by atoms with Crippen molar-refractivity contribution in [3.8, 4) is 0 Å². The Bertz CT molecular complexity index is 438. The number of rotatable bonds is 3. The van der Waals surface area contributed by atoms with E-state index in [-0.39, 0.29) is 0 Å². The predicted octanol–water partition coefficient (Wildman–Crippen LogP) is 1.24. The highest BCUT2D eigenvalue weighted by Gasteiger charge is 1.98. The number of imidazole rings is 1. The summed E-state index contributed by atoms with van der Waals surface area (Å²) in [5.41, 5.74) is 1.06. The Morgan fingerprint density at radius 3 is 3.00 bits per heavy atom. The fourth-order valence-corrected chi connectivity index (χ4v) is 1.52. The van der Waals surface area contributed by atoms with Gasteiger partial charge in [0.15, 0.2) is 5.11 Å². The lowest BCUT2D eigenvalue weighted by Crippen LogP contribution is -2.29. The minimum absolute atomic E-state index is 0.661. The lowest BCUT2D eigenvalue weighted by atomic mass is 10.3. The molecule has 0 bridgehead atoms. The molecule has 1 N–H and O–H groups in total. The molecule has 2 aromatic heterocycles. The van der Waals surface area contributed by atoms with Gasteiger partial charge < -0.3 is 5.32 Å². The zero-order valence-corrected chi connectivity index (χ0v) is 9.52. The van der Waals surface area contributed by atoms with E-state index >= 15 is 0 Å². The van der Waals surface area contributed by atoms with E-state index in [0.29, 0.717) is 5.11 Å². The highest BCUT2D eigenvalue weighted by molar-refractivity contribution is 7.80. The number of pyridine rings is 1. The first-order valence-electron chi connectivity index (χ1n) is 5.02. The van der Waals surface area contributed by atoms with Gasteiger partial charge in [0.25, 0.3) is 0 Å². The van der Waals surface area contributed by atoms with Crippen molar-refractivity contribution >= 4 is 17.3 Å². The van der Waals surface area contributed by atoms with Gasteiger partial charge in [-0.2, -0.15) is 0 Å². The van der Waals surface area contributed by atoms with Crippen LogP contribution in [0.2, 0.25) is 0 Å². The summed E-state index contributed by atoms with van der Waals surface area (Å²) in [4.78, 5) is 8.17. The molecule has 0 aromatic carbocycles. The summed E-state index contributed by atoms with van der Waals surface area (Å²) in [6.45, 7) is 0.772. The highest BCUT2D eigenvalue weighted by Crippen LogP contribution is 1.93. The van der Waals surface area contributed by atoms with Crippen LogP contribution < -0.4 is 5.32 Å². The number of hydrogen-bond acceptors (Lipinski definition) is 3. The molecule has 0 atom stereocenters. The fraction of sp³-hybridized carbons (Fsp3) is 0.182. The Labute approximate surface area is 99.4 Å². The van der Waals surface area contributed by atoms with E-state index in [0.717, 1.165) is 18.7 Å². The molecular formula is C11H12N4S. The third kappa shape index (κ3) is 2.87. The summed E-state index contributed by atoms with van der Waals surface area (Å²) in [6.07, 6.45) is 7.85. The average Bonchev–Trinajstić information content (AvgIpc) is 2.84. The summed E-state index contributed by atoms with van der Waals surface area (Å²) in [7, 11) is 0. The smallest absolute Gasteiger partial charge is 0.178 e.